The number of carbonyl (C=O) groups excluding carboxylic acids is 1. The highest BCUT2D eigenvalue weighted by Gasteiger charge is 2.11. The third kappa shape index (κ3) is 6.07. The first-order valence-electron chi connectivity index (χ1n) is 7.60. The highest BCUT2D eigenvalue weighted by molar-refractivity contribution is 7.92. The van der Waals surface area contributed by atoms with Crippen LogP contribution in [0.25, 0.3) is 0 Å². The third-order valence-electron chi connectivity index (χ3n) is 3.43. The van der Waals surface area contributed by atoms with Crippen LogP contribution in [0.3, 0.4) is 0 Å². The van der Waals surface area contributed by atoms with Crippen LogP contribution in [0.4, 0.5) is 14.9 Å². The van der Waals surface area contributed by atoms with Gasteiger partial charge in [0.15, 0.2) is 0 Å². The number of hydrogen-bond donors (Lipinski definition) is 3. The molecule has 0 heterocycles. The summed E-state index contributed by atoms with van der Waals surface area (Å²) < 4.78 is 38.5. The van der Waals surface area contributed by atoms with Crippen LogP contribution in [-0.4, -0.2) is 20.7 Å². The topological polar surface area (TPSA) is 87.3 Å². The molecule has 0 bridgehead atoms. The van der Waals surface area contributed by atoms with E-state index in [0.29, 0.717) is 11.3 Å². The minimum atomic E-state index is -3.37. The summed E-state index contributed by atoms with van der Waals surface area (Å²) in [5, 5.41) is 5.32. The summed E-state index contributed by atoms with van der Waals surface area (Å²) in [6.07, 6.45) is 1.07. The maximum atomic E-state index is 13.5. The Morgan fingerprint density at radius 2 is 1.88 bits per heavy atom. The van der Waals surface area contributed by atoms with Gasteiger partial charge in [0.25, 0.3) is 0 Å². The summed E-state index contributed by atoms with van der Waals surface area (Å²) in [5.74, 6) is -0.379. The molecule has 0 aromatic heterocycles. The first-order chi connectivity index (χ1) is 11.7. The zero-order valence-corrected chi connectivity index (χ0v) is 14.7. The fourth-order valence-electron chi connectivity index (χ4n) is 2.23. The fraction of sp³-hybridized carbons (Fsp3) is 0.235. The van der Waals surface area contributed by atoms with Crippen molar-refractivity contribution in [3.05, 3.63) is 65.5 Å². The van der Waals surface area contributed by atoms with Gasteiger partial charge in [0.05, 0.1) is 12.3 Å². The van der Waals surface area contributed by atoms with Crippen LogP contribution in [0.1, 0.15) is 24.1 Å². The molecule has 2 amide bonds. The molecule has 1 unspecified atom stereocenters. The van der Waals surface area contributed by atoms with E-state index >= 15 is 0 Å². The highest BCUT2D eigenvalue weighted by atomic mass is 32.2. The normalized spacial score (nSPS) is 12.3. The van der Waals surface area contributed by atoms with Gasteiger partial charge in [0, 0.05) is 17.8 Å². The minimum absolute atomic E-state index is 0.0703. The third-order valence-corrected chi connectivity index (χ3v) is 4.04. The van der Waals surface area contributed by atoms with Crippen molar-refractivity contribution >= 4 is 21.7 Å². The second-order valence-electron chi connectivity index (χ2n) is 5.64. The molecule has 2 rings (SSSR count). The predicted molar refractivity (Wildman–Crippen MR) is 95.1 cm³/mol. The van der Waals surface area contributed by atoms with Gasteiger partial charge in [0.1, 0.15) is 5.82 Å². The lowest BCUT2D eigenvalue weighted by molar-refractivity contribution is 0.237. The Hall–Kier alpha value is -2.61. The van der Waals surface area contributed by atoms with Gasteiger partial charge in [-0.3, -0.25) is 4.72 Å². The molecule has 0 saturated carbocycles. The number of sulfonamides is 1. The molecule has 0 radical (unpaired) electrons. The van der Waals surface area contributed by atoms with E-state index in [1.807, 2.05) is 0 Å². The second-order valence-corrected chi connectivity index (χ2v) is 7.39. The van der Waals surface area contributed by atoms with Crippen LogP contribution in [-0.2, 0) is 16.6 Å². The highest BCUT2D eigenvalue weighted by Crippen LogP contribution is 2.18. The standard InChI is InChI=1S/C17H20FN3O3S/c1-12(13-7-5-8-15(10-13)21-25(2,23)24)20-17(22)19-11-14-6-3-4-9-16(14)18/h3-10,12,21H,11H2,1-2H3,(H2,19,20,22). The Bertz CT molecular complexity index is 856. The Balaban J connectivity index is 1.95. The van der Waals surface area contributed by atoms with Gasteiger partial charge < -0.3 is 10.6 Å². The average Bonchev–Trinajstić information content (AvgIpc) is 2.52. The molecule has 0 spiro atoms. The summed E-state index contributed by atoms with van der Waals surface area (Å²) in [5.41, 5.74) is 1.54. The van der Waals surface area contributed by atoms with E-state index in [1.54, 1.807) is 49.4 Å². The van der Waals surface area contributed by atoms with Crippen LogP contribution < -0.4 is 15.4 Å². The predicted octanol–water partition coefficient (Wildman–Crippen LogP) is 2.76. The second kappa shape index (κ2) is 7.98. The monoisotopic (exact) mass is 365 g/mol. The molecule has 1 atom stereocenters. The molecular weight excluding hydrogens is 345 g/mol. The first kappa shape index (κ1) is 18.7. The summed E-state index contributed by atoms with van der Waals surface area (Å²) in [7, 11) is -3.37. The molecule has 134 valence electrons. The number of amides is 2. The van der Waals surface area contributed by atoms with E-state index in [-0.39, 0.29) is 18.4 Å². The summed E-state index contributed by atoms with van der Waals surface area (Å²) >= 11 is 0. The molecule has 2 aromatic rings. The Morgan fingerprint density at radius 1 is 1.16 bits per heavy atom. The zero-order chi connectivity index (χ0) is 18.4. The molecular formula is C17H20FN3O3S. The van der Waals surface area contributed by atoms with Crippen molar-refractivity contribution < 1.29 is 17.6 Å². The lowest BCUT2D eigenvalue weighted by Gasteiger charge is -2.16. The number of nitrogens with one attached hydrogen (secondary N) is 3. The van der Waals surface area contributed by atoms with Gasteiger partial charge in [-0.1, -0.05) is 30.3 Å². The van der Waals surface area contributed by atoms with Gasteiger partial charge in [-0.2, -0.15) is 0 Å². The van der Waals surface area contributed by atoms with Gasteiger partial charge in [-0.25, -0.2) is 17.6 Å². The molecule has 25 heavy (non-hydrogen) atoms. The van der Waals surface area contributed by atoms with E-state index in [2.05, 4.69) is 15.4 Å². The summed E-state index contributed by atoms with van der Waals surface area (Å²) in [6, 6.07) is 12.1. The quantitative estimate of drug-likeness (QED) is 0.736. The van der Waals surface area contributed by atoms with Gasteiger partial charge in [-0.05, 0) is 30.7 Å². The molecule has 0 aliphatic carbocycles. The molecule has 8 heteroatoms. The molecule has 0 saturated heterocycles. The Morgan fingerprint density at radius 3 is 2.56 bits per heavy atom. The summed E-state index contributed by atoms with van der Waals surface area (Å²) in [4.78, 5) is 12.0. The van der Waals surface area contributed by atoms with Crippen molar-refractivity contribution in [2.24, 2.45) is 0 Å². The van der Waals surface area contributed by atoms with Crippen LogP contribution in [0.15, 0.2) is 48.5 Å². The average molecular weight is 365 g/mol. The number of carbonyl (C=O) groups is 1. The maximum Gasteiger partial charge on any atom is 0.315 e. The van der Waals surface area contributed by atoms with Gasteiger partial charge in [-0.15, -0.1) is 0 Å². The fourth-order valence-corrected chi connectivity index (χ4v) is 2.79. The van der Waals surface area contributed by atoms with Gasteiger partial charge >= 0.3 is 6.03 Å². The maximum absolute atomic E-state index is 13.5. The van der Waals surface area contributed by atoms with Crippen LogP contribution in [0.5, 0.6) is 0 Å². The molecule has 6 nitrogen and oxygen atoms in total. The van der Waals surface area contributed by atoms with Crippen molar-refractivity contribution in [1.82, 2.24) is 10.6 Å². The van der Waals surface area contributed by atoms with Crippen molar-refractivity contribution in [1.29, 1.82) is 0 Å². The number of anilines is 1. The number of halogens is 1. The van der Waals surface area contributed by atoms with E-state index in [0.717, 1.165) is 11.8 Å². The van der Waals surface area contributed by atoms with Crippen LogP contribution in [0.2, 0.25) is 0 Å². The number of hydrogen-bond acceptors (Lipinski definition) is 3. The van der Waals surface area contributed by atoms with E-state index < -0.39 is 16.1 Å². The van der Waals surface area contributed by atoms with E-state index in [4.69, 9.17) is 0 Å². The minimum Gasteiger partial charge on any atom is -0.334 e. The first-order valence-corrected chi connectivity index (χ1v) is 9.49. The van der Waals surface area contributed by atoms with Crippen molar-refractivity contribution in [2.75, 3.05) is 11.0 Å². The smallest absolute Gasteiger partial charge is 0.315 e. The number of benzene rings is 2. The molecule has 0 aliphatic heterocycles. The zero-order valence-electron chi connectivity index (χ0n) is 13.9. The number of urea groups is 1. The largest absolute Gasteiger partial charge is 0.334 e. The Kier molecular flexibility index (Phi) is 5.97. The van der Waals surface area contributed by atoms with Crippen LogP contribution >= 0.6 is 0 Å². The van der Waals surface area contributed by atoms with Gasteiger partial charge in [0.2, 0.25) is 10.0 Å². The van der Waals surface area contributed by atoms with Crippen LogP contribution in [0, 0.1) is 5.82 Å². The van der Waals surface area contributed by atoms with Crippen molar-refractivity contribution in [3.63, 3.8) is 0 Å². The van der Waals surface area contributed by atoms with E-state index in [1.165, 1.54) is 6.07 Å². The van der Waals surface area contributed by atoms with Crippen molar-refractivity contribution in [2.45, 2.75) is 19.5 Å². The molecule has 3 N–H and O–H groups in total. The number of rotatable bonds is 6. The summed E-state index contributed by atoms with van der Waals surface area (Å²) in [6.45, 7) is 1.84. The molecule has 2 aromatic carbocycles. The lowest BCUT2D eigenvalue weighted by Crippen LogP contribution is -2.36. The van der Waals surface area contributed by atoms with Crippen molar-refractivity contribution in [3.8, 4) is 0 Å². The lowest BCUT2D eigenvalue weighted by atomic mass is 10.1. The molecule has 0 fully saturated rings. The Labute approximate surface area is 146 Å². The molecule has 0 aliphatic rings. The van der Waals surface area contributed by atoms with E-state index in [9.17, 15) is 17.6 Å². The SMILES string of the molecule is CC(NC(=O)NCc1ccccc1F)c1cccc(NS(C)(=O)=O)c1.